The minimum atomic E-state index is -4.31. The molecule has 0 unspecified atom stereocenters. The fourth-order valence-corrected chi connectivity index (χ4v) is 7.03. The Bertz CT molecular complexity index is 1190. The topological polar surface area (TPSA) is 151 Å². The number of sulfonamides is 2. The minimum absolute atomic E-state index is 0.0753. The molecule has 11 nitrogen and oxygen atoms in total. The first-order valence-electron chi connectivity index (χ1n) is 7.64. The number of fused-ring (bicyclic) bond motifs is 1. The van der Waals surface area contributed by atoms with Crippen molar-refractivity contribution in [2.24, 2.45) is 12.8 Å². The summed E-state index contributed by atoms with van der Waals surface area (Å²) in [6.07, 6.45) is 1.40. The summed E-state index contributed by atoms with van der Waals surface area (Å²) in [6.45, 7) is 0.0753. The molecule has 2 N–H and O–H groups in total. The summed E-state index contributed by atoms with van der Waals surface area (Å²) in [6, 6.07) is 3.35. The maximum atomic E-state index is 12.2. The zero-order chi connectivity index (χ0) is 21.7. The smallest absolute Gasteiger partial charge is 0.271 e. The number of primary amides is 1. The molecule has 15 heteroatoms. The van der Waals surface area contributed by atoms with Gasteiger partial charge in [0.15, 0.2) is 28.2 Å². The summed E-state index contributed by atoms with van der Waals surface area (Å²) in [7, 11) is -7.24. The first kappa shape index (κ1) is 21.7. The van der Waals surface area contributed by atoms with E-state index in [1.807, 2.05) is 0 Å². The van der Waals surface area contributed by atoms with Crippen LogP contribution in [0, 0.1) is 0 Å². The second kappa shape index (κ2) is 7.37. The third-order valence-electron chi connectivity index (χ3n) is 3.66. The maximum absolute atomic E-state index is 12.2. The number of amides is 1. The predicted molar refractivity (Wildman–Crippen MR) is 108 cm³/mol. The quantitative estimate of drug-likeness (QED) is 0.578. The Morgan fingerprint density at radius 3 is 2.28 bits per heavy atom. The van der Waals surface area contributed by atoms with Crippen molar-refractivity contribution in [1.82, 2.24) is 9.55 Å². The number of ether oxygens (including phenoxy) is 2. The van der Waals surface area contributed by atoms with E-state index in [-0.39, 0.29) is 15.7 Å². The van der Waals surface area contributed by atoms with Crippen molar-refractivity contribution in [2.75, 3.05) is 23.0 Å². The van der Waals surface area contributed by atoms with Crippen LogP contribution in [0.3, 0.4) is 0 Å². The first-order valence-corrected chi connectivity index (χ1v) is 13.0. The summed E-state index contributed by atoms with van der Waals surface area (Å²) in [4.78, 5) is 16.6. The van der Waals surface area contributed by atoms with Gasteiger partial charge in [0.2, 0.25) is 26.8 Å². The van der Waals surface area contributed by atoms with E-state index in [1.165, 1.54) is 11.6 Å². The van der Waals surface area contributed by atoms with Gasteiger partial charge >= 0.3 is 0 Å². The molecule has 158 valence electrons. The molecule has 2 aromatic rings. The molecule has 0 saturated heterocycles. The normalized spacial score (nSPS) is 13.5. The molecule has 2 heterocycles. The fraction of sp³-hybridized carbons (Fsp3) is 0.286. The van der Waals surface area contributed by atoms with Crippen LogP contribution in [-0.2, 0) is 27.1 Å². The molecule has 29 heavy (non-hydrogen) atoms. The van der Waals surface area contributed by atoms with Gasteiger partial charge in [-0.3, -0.25) is 4.79 Å². The molecule has 1 aromatic heterocycles. The lowest BCUT2D eigenvalue weighted by Gasteiger charge is -2.20. The van der Waals surface area contributed by atoms with Crippen molar-refractivity contribution in [3.63, 3.8) is 0 Å². The second-order valence-corrected chi connectivity index (χ2v) is 11.7. The Hall–Kier alpha value is -1.97. The van der Waals surface area contributed by atoms with E-state index in [4.69, 9.17) is 15.2 Å². The Kier molecular flexibility index (Phi) is 5.53. The molecule has 0 bridgehead atoms. The number of benzene rings is 1. The molecule has 0 radical (unpaired) electrons. The van der Waals surface area contributed by atoms with E-state index in [0.29, 0.717) is 33.4 Å². The van der Waals surface area contributed by atoms with Crippen LogP contribution in [0.5, 0.6) is 11.5 Å². The van der Waals surface area contributed by atoms with Crippen LogP contribution < -0.4 is 18.9 Å². The maximum Gasteiger partial charge on any atom is 0.271 e. The number of carbonyl (C=O) groups is 1. The zero-order valence-corrected chi connectivity index (χ0v) is 19.3. The number of rotatable bonds is 6. The van der Waals surface area contributed by atoms with Gasteiger partial charge in [-0.05, 0) is 28.1 Å². The van der Waals surface area contributed by atoms with Gasteiger partial charge in [0, 0.05) is 16.4 Å². The predicted octanol–water partition coefficient (Wildman–Crippen LogP) is 0.887. The number of carbonyl (C=O) groups excluding carboxylic acids is 1. The van der Waals surface area contributed by atoms with Crippen LogP contribution in [0.25, 0.3) is 0 Å². The van der Waals surface area contributed by atoms with Crippen LogP contribution in [0.4, 0.5) is 5.82 Å². The summed E-state index contributed by atoms with van der Waals surface area (Å²) in [5.74, 6) is -0.513. The third-order valence-corrected chi connectivity index (χ3v) is 8.86. The standard InChI is InChI=1S/C14H15BrN4O7S3/c1-18-13(19(28(2,21)22)29(3,23)24)11(12(16)20)17-14(18)27-10-5-9-8(4-7(10)15)25-6-26-9/h4-5H,6H2,1-3H3,(H2,16,20). The van der Waals surface area contributed by atoms with Gasteiger partial charge in [0.05, 0.1) is 12.5 Å². The highest BCUT2D eigenvalue weighted by Crippen LogP contribution is 2.43. The second-order valence-electron chi connectivity index (χ2n) is 5.95. The van der Waals surface area contributed by atoms with Gasteiger partial charge < -0.3 is 19.8 Å². The molecule has 1 aromatic carbocycles. The molecule has 0 saturated carbocycles. The number of hydrogen-bond donors (Lipinski definition) is 1. The SMILES string of the molecule is Cn1c(Sc2cc3c(cc2Br)OCO3)nc(C(N)=O)c1N(S(C)(=O)=O)S(C)(=O)=O. The Balaban J connectivity index is 2.16. The van der Waals surface area contributed by atoms with Crippen molar-refractivity contribution in [3.05, 3.63) is 22.3 Å². The Morgan fingerprint density at radius 2 is 1.76 bits per heavy atom. The van der Waals surface area contributed by atoms with E-state index in [1.54, 1.807) is 12.1 Å². The van der Waals surface area contributed by atoms with E-state index < -0.39 is 37.5 Å². The van der Waals surface area contributed by atoms with Gasteiger partial charge in [-0.15, -0.1) is 3.71 Å². The van der Waals surface area contributed by atoms with E-state index in [9.17, 15) is 21.6 Å². The van der Waals surface area contributed by atoms with Crippen LogP contribution in [0.15, 0.2) is 26.7 Å². The highest BCUT2D eigenvalue weighted by molar-refractivity contribution is 9.10. The molecular weight excluding hydrogens is 512 g/mol. The van der Waals surface area contributed by atoms with Gasteiger partial charge in [-0.2, -0.15) is 0 Å². The third kappa shape index (κ3) is 4.17. The molecule has 1 aliphatic heterocycles. The highest BCUT2D eigenvalue weighted by atomic mass is 79.9. The van der Waals surface area contributed by atoms with Crippen LogP contribution in [0.2, 0.25) is 0 Å². The number of imidazole rings is 1. The van der Waals surface area contributed by atoms with E-state index in [0.717, 1.165) is 11.8 Å². The lowest BCUT2D eigenvalue weighted by atomic mass is 10.3. The molecule has 0 spiro atoms. The molecule has 0 atom stereocenters. The minimum Gasteiger partial charge on any atom is -0.454 e. The molecule has 0 fully saturated rings. The summed E-state index contributed by atoms with van der Waals surface area (Å²) in [5, 5.41) is 0.130. The number of nitrogens with two attached hydrogens (primary N) is 1. The fourth-order valence-electron chi connectivity index (χ4n) is 2.57. The van der Waals surface area contributed by atoms with Gasteiger partial charge in [-0.25, -0.2) is 21.8 Å². The summed E-state index contributed by atoms with van der Waals surface area (Å²) in [5.41, 5.74) is 4.83. The zero-order valence-electron chi connectivity index (χ0n) is 15.2. The van der Waals surface area contributed by atoms with Gasteiger partial charge in [0.25, 0.3) is 5.91 Å². The Labute approximate surface area is 179 Å². The molecular formula is C14H15BrN4O7S3. The molecule has 3 rings (SSSR count). The van der Waals surface area contributed by atoms with E-state index in [2.05, 4.69) is 20.9 Å². The van der Waals surface area contributed by atoms with Crippen LogP contribution in [-0.4, -0.2) is 51.6 Å². The van der Waals surface area contributed by atoms with Gasteiger partial charge in [-0.1, -0.05) is 11.8 Å². The van der Waals surface area contributed by atoms with Crippen molar-refractivity contribution >= 4 is 59.5 Å². The number of nitrogens with zero attached hydrogens (tertiary/aromatic N) is 3. The van der Waals surface area contributed by atoms with Crippen LogP contribution in [0.1, 0.15) is 10.5 Å². The number of aromatic nitrogens is 2. The summed E-state index contributed by atoms with van der Waals surface area (Å²) < 4.78 is 61.2. The van der Waals surface area contributed by atoms with E-state index >= 15 is 0 Å². The lowest BCUT2D eigenvalue weighted by Crippen LogP contribution is -2.38. The molecule has 1 amide bonds. The molecule has 1 aliphatic rings. The number of hydrogen-bond acceptors (Lipinski definition) is 9. The van der Waals surface area contributed by atoms with Crippen LogP contribution >= 0.6 is 27.7 Å². The van der Waals surface area contributed by atoms with Crippen molar-refractivity contribution in [2.45, 2.75) is 10.1 Å². The van der Waals surface area contributed by atoms with Crippen molar-refractivity contribution < 1.29 is 31.1 Å². The largest absolute Gasteiger partial charge is 0.454 e. The average Bonchev–Trinajstić information content (AvgIpc) is 3.11. The summed E-state index contributed by atoms with van der Waals surface area (Å²) >= 11 is 4.43. The van der Waals surface area contributed by atoms with Crippen molar-refractivity contribution in [1.29, 1.82) is 0 Å². The first-order chi connectivity index (χ1) is 13.3. The lowest BCUT2D eigenvalue weighted by molar-refractivity contribution is 0.0996. The Morgan fingerprint density at radius 1 is 1.21 bits per heavy atom. The number of anilines is 1. The monoisotopic (exact) mass is 526 g/mol. The number of halogens is 1. The molecule has 0 aliphatic carbocycles. The highest BCUT2D eigenvalue weighted by Gasteiger charge is 2.36. The van der Waals surface area contributed by atoms with Gasteiger partial charge in [0.1, 0.15) is 0 Å². The van der Waals surface area contributed by atoms with Crippen molar-refractivity contribution in [3.8, 4) is 11.5 Å². The average molecular weight is 527 g/mol.